The number of carbonyl (C=O) groups is 2. The zero-order valence-electron chi connectivity index (χ0n) is 16.9. The summed E-state index contributed by atoms with van der Waals surface area (Å²) in [5, 5.41) is 5.67. The lowest BCUT2D eigenvalue weighted by molar-refractivity contribution is -0.115. The van der Waals surface area contributed by atoms with Gasteiger partial charge in [-0.05, 0) is 54.4 Å². The van der Waals surface area contributed by atoms with E-state index in [-0.39, 0.29) is 24.2 Å². The van der Waals surface area contributed by atoms with Gasteiger partial charge in [-0.2, -0.15) is 0 Å². The number of halogens is 1. The molecule has 0 spiro atoms. The first-order valence-electron chi connectivity index (χ1n) is 9.64. The Kier molecular flexibility index (Phi) is 6.80. The molecule has 0 atom stereocenters. The maximum Gasteiger partial charge on any atom is 0.259 e. The number of aryl methyl sites for hydroxylation is 1. The molecule has 0 aromatic heterocycles. The van der Waals surface area contributed by atoms with Crippen LogP contribution in [0, 0.1) is 12.7 Å². The Balaban J connectivity index is 1.75. The quantitative estimate of drug-likeness (QED) is 0.558. The summed E-state index contributed by atoms with van der Waals surface area (Å²) in [7, 11) is 0. The van der Waals surface area contributed by atoms with E-state index in [1.54, 1.807) is 55.5 Å². The van der Waals surface area contributed by atoms with Gasteiger partial charge in [-0.25, -0.2) is 4.39 Å². The van der Waals surface area contributed by atoms with Crippen molar-refractivity contribution in [3.05, 3.63) is 89.2 Å². The lowest BCUT2D eigenvalue weighted by Crippen LogP contribution is -2.15. The molecule has 0 aliphatic carbocycles. The number of hydrogen-bond donors (Lipinski definition) is 2. The third-order valence-electron chi connectivity index (χ3n) is 4.53. The maximum absolute atomic E-state index is 13.1. The van der Waals surface area contributed by atoms with Crippen molar-refractivity contribution in [2.45, 2.75) is 26.9 Å². The van der Waals surface area contributed by atoms with Gasteiger partial charge in [0.05, 0.1) is 5.56 Å². The molecule has 0 radical (unpaired) electrons. The van der Waals surface area contributed by atoms with Crippen LogP contribution in [0.25, 0.3) is 0 Å². The van der Waals surface area contributed by atoms with Crippen LogP contribution in [0.3, 0.4) is 0 Å². The number of nitrogens with one attached hydrogen (secondary N) is 2. The number of para-hydroxylation sites is 1. The van der Waals surface area contributed by atoms with Gasteiger partial charge in [0.1, 0.15) is 18.2 Å². The van der Waals surface area contributed by atoms with Gasteiger partial charge in [0.2, 0.25) is 5.91 Å². The van der Waals surface area contributed by atoms with Crippen molar-refractivity contribution in [2.24, 2.45) is 0 Å². The fraction of sp³-hybridized carbons (Fsp3) is 0.167. The summed E-state index contributed by atoms with van der Waals surface area (Å²) in [6.07, 6.45) is 0.369. The molecule has 0 unspecified atom stereocenters. The molecule has 0 fully saturated rings. The minimum atomic E-state index is -0.327. The number of rotatable bonds is 7. The number of benzene rings is 3. The van der Waals surface area contributed by atoms with Crippen LogP contribution < -0.4 is 15.4 Å². The zero-order chi connectivity index (χ0) is 21.5. The Morgan fingerprint density at radius 2 is 1.70 bits per heavy atom. The first kappa shape index (κ1) is 21.0. The minimum absolute atomic E-state index is 0.101. The first-order chi connectivity index (χ1) is 14.5. The fourth-order valence-corrected chi connectivity index (χ4v) is 2.80. The van der Waals surface area contributed by atoms with E-state index in [2.05, 4.69) is 10.6 Å². The highest BCUT2D eigenvalue weighted by Gasteiger charge is 2.14. The molecule has 2 N–H and O–H groups in total. The molecular formula is C24H23FN2O3. The van der Waals surface area contributed by atoms with Crippen molar-refractivity contribution in [2.75, 3.05) is 10.6 Å². The predicted molar refractivity (Wildman–Crippen MR) is 115 cm³/mol. The Hall–Kier alpha value is -3.67. The van der Waals surface area contributed by atoms with Crippen molar-refractivity contribution in [1.82, 2.24) is 0 Å². The van der Waals surface area contributed by atoms with E-state index in [1.807, 2.05) is 13.0 Å². The molecule has 0 bridgehead atoms. The van der Waals surface area contributed by atoms with E-state index in [1.165, 1.54) is 12.1 Å². The summed E-state index contributed by atoms with van der Waals surface area (Å²) in [5.74, 6) is -0.318. The van der Waals surface area contributed by atoms with E-state index < -0.39 is 0 Å². The van der Waals surface area contributed by atoms with Crippen LogP contribution in [-0.2, 0) is 11.4 Å². The monoisotopic (exact) mass is 406 g/mol. The number of carbonyl (C=O) groups excluding carboxylic acids is 2. The van der Waals surface area contributed by atoms with Crippen LogP contribution in [0.2, 0.25) is 0 Å². The van der Waals surface area contributed by atoms with Gasteiger partial charge in [-0.1, -0.05) is 37.3 Å². The van der Waals surface area contributed by atoms with Crippen molar-refractivity contribution < 1.29 is 18.7 Å². The Morgan fingerprint density at radius 1 is 0.967 bits per heavy atom. The molecule has 3 rings (SSSR count). The van der Waals surface area contributed by atoms with E-state index in [4.69, 9.17) is 4.74 Å². The SMILES string of the molecule is CCC(=O)Nc1ccc(C)c(NC(=O)c2ccccc2OCc2ccc(F)cc2)c1. The fourth-order valence-electron chi connectivity index (χ4n) is 2.80. The second-order valence-corrected chi connectivity index (χ2v) is 6.80. The third-order valence-corrected chi connectivity index (χ3v) is 4.53. The normalized spacial score (nSPS) is 10.4. The van der Waals surface area contributed by atoms with Crippen molar-refractivity contribution in [3.8, 4) is 5.75 Å². The molecule has 2 amide bonds. The van der Waals surface area contributed by atoms with Gasteiger partial charge in [0.15, 0.2) is 0 Å². The van der Waals surface area contributed by atoms with Gasteiger partial charge in [-0.3, -0.25) is 9.59 Å². The third kappa shape index (κ3) is 5.44. The van der Waals surface area contributed by atoms with Crippen molar-refractivity contribution in [1.29, 1.82) is 0 Å². The summed E-state index contributed by atoms with van der Waals surface area (Å²) in [6.45, 7) is 3.86. The van der Waals surface area contributed by atoms with Gasteiger partial charge in [0.25, 0.3) is 5.91 Å². The van der Waals surface area contributed by atoms with Crippen molar-refractivity contribution in [3.63, 3.8) is 0 Å². The van der Waals surface area contributed by atoms with Crippen LogP contribution in [0.4, 0.5) is 15.8 Å². The zero-order valence-corrected chi connectivity index (χ0v) is 16.9. The molecular weight excluding hydrogens is 383 g/mol. The minimum Gasteiger partial charge on any atom is -0.488 e. The summed E-state index contributed by atoms with van der Waals surface area (Å²) in [6, 6.07) is 18.3. The molecule has 3 aromatic rings. The Labute approximate surface area is 174 Å². The number of ether oxygens (including phenoxy) is 1. The first-order valence-corrected chi connectivity index (χ1v) is 9.64. The number of anilines is 2. The molecule has 0 heterocycles. The molecule has 0 aliphatic heterocycles. The van der Waals surface area contributed by atoms with Gasteiger partial charge >= 0.3 is 0 Å². The van der Waals surface area contributed by atoms with Crippen LogP contribution in [-0.4, -0.2) is 11.8 Å². The molecule has 0 saturated heterocycles. The molecule has 5 nitrogen and oxygen atoms in total. The van der Waals surface area contributed by atoms with E-state index in [0.29, 0.717) is 29.1 Å². The highest BCUT2D eigenvalue weighted by atomic mass is 19.1. The highest BCUT2D eigenvalue weighted by molar-refractivity contribution is 6.07. The Bertz CT molecular complexity index is 1050. The van der Waals surface area contributed by atoms with Gasteiger partial charge in [-0.15, -0.1) is 0 Å². The lowest BCUT2D eigenvalue weighted by Gasteiger charge is -2.14. The standard InChI is InChI=1S/C24H23FN2O3/c1-3-23(28)26-19-13-8-16(2)21(14-19)27-24(29)20-6-4-5-7-22(20)30-15-17-9-11-18(25)12-10-17/h4-14H,3,15H2,1-2H3,(H,26,28)(H,27,29). The van der Waals surface area contributed by atoms with Crippen LogP contribution in [0.5, 0.6) is 5.75 Å². The summed E-state index contributed by atoms with van der Waals surface area (Å²) < 4.78 is 18.9. The maximum atomic E-state index is 13.1. The lowest BCUT2D eigenvalue weighted by atomic mass is 10.1. The molecule has 3 aromatic carbocycles. The van der Waals surface area contributed by atoms with Crippen LogP contribution in [0.15, 0.2) is 66.7 Å². The molecule has 0 aliphatic rings. The molecule has 0 saturated carbocycles. The summed E-state index contributed by atoms with van der Waals surface area (Å²) >= 11 is 0. The smallest absolute Gasteiger partial charge is 0.259 e. The second-order valence-electron chi connectivity index (χ2n) is 6.80. The van der Waals surface area contributed by atoms with Crippen molar-refractivity contribution >= 4 is 23.2 Å². The summed E-state index contributed by atoms with van der Waals surface area (Å²) in [5.41, 5.74) is 3.25. The highest BCUT2D eigenvalue weighted by Crippen LogP contribution is 2.24. The molecule has 30 heavy (non-hydrogen) atoms. The number of amides is 2. The topological polar surface area (TPSA) is 67.4 Å². The van der Waals surface area contributed by atoms with E-state index >= 15 is 0 Å². The van der Waals surface area contributed by atoms with E-state index in [0.717, 1.165) is 11.1 Å². The largest absolute Gasteiger partial charge is 0.488 e. The molecule has 154 valence electrons. The average Bonchev–Trinajstić information content (AvgIpc) is 2.75. The second kappa shape index (κ2) is 9.69. The van der Waals surface area contributed by atoms with E-state index in [9.17, 15) is 14.0 Å². The summed E-state index contributed by atoms with van der Waals surface area (Å²) in [4.78, 5) is 24.5. The average molecular weight is 406 g/mol. The van der Waals surface area contributed by atoms with Gasteiger partial charge < -0.3 is 15.4 Å². The number of hydrogen-bond acceptors (Lipinski definition) is 3. The molecule has 6 heteroatoms. The van der Waals surface area contributed by atoms with Crippen LogP contribution >= 0.6 is 0 Å². The van der Waals surface area contributed by atoms with Gasteiger partial charge in [0, 0.05) is 17.8 Å². The Morgan fingerprint density at radius 3 is 2.43 bits per heavy atom. The van der Waals surface area contributed by atoms with Crippen LogP contribution in [0.1, 0.15) is 34.8 Å². The predicted octanol–water partition coefficient (Wildman–Crippen LogP) is 5.31.